The molecule has 0 aliphatic rings. The zero-order valence-corrected chi connectivity index (χ0v) is 16.6. The van der Waals surface area contributed by atoms with Crippen LogP contribution in [0, 0.1) is 0 Å². The minimum absolute atomic E-state index is 0.207. The Labute approximate surface area is 159 Å². The Morgan fingerprint density at radius 3 is 2.44 bits per heavy atom. The summed E-state index contributed by atoms with van der Waals surface area (Å²) in [6.45, 7) is 0.543. The summed E-state index contributed by atoms with van der Waals surface area (Å²) in [6, 6.07) is 14.1. The minimum Gasteiger partial charge on any atom is -0.348 e. The molecule has 0 amide bonds. The zero-order valence-electron chi connectivity index (χ0n) is 14.2. The van der Waals surface area contributed by atoms with Gasteiger partial charge in [-0.1, -0.05) is 35.9 Å². The van der Waals surface area contributed by atoms with E-state index in [0.29, 0.717) is 22.4 Å². The molecule has 25 heavy (non-hydrogen) atoms. The Balaban J connectivity index is 2.12. The number of nitrogens with one attached hydrogen (secondary N) is 1. The first-order valence-corrected chi connectivity index (χ1v) is 9.72. The van der Waals surface area contributed by atoms with Crippen LogP contribution >= 0.6 is 23.8 Å². The van der Waals surface area contributed by atoms with Gasteiger partial charge in [-0.15, -0.1) is 0 Å². The first-order valence-electron chi connectivity index (χ1n) is 7.50. The normalized spacial score (nSPS) is 11.4. The second kappa shape index (κ2) is 8.14. The summed E-state index contributed by atoms with van der Waals surface area (Å²) >= 11 is 11.6. The van der Waals surface area contributed by atoms with Crippen molar-refractivity contribution in [3.8, 4) is 0 Å². The van der Waals surface area contributed by atoms with Gasteiger partial charge in [0.15, 0.2) is 5.11 Å². The highest BCUT2D eigenvalue weighted by Crippen LogP contribution is 2.20. The SMILES string of the molecule is CN(Cc1ccccc1Cl)C(=S)Nc1cccc(S(=O)(=O)N(C)C)c1. The van der Waals surface area contributed by atoms with Gasteiger partial charge in [-0.25, -0.2) is 12.7 Å². The van der Waals surface area contributed by atoms with Gasteiger partial charge >= 0.3 is 0 Å². The summed E-state index contributed by atoms with van der Waals surface area (Å²) in [5, 5.41) is 4.21. The van der Waals surface area contributed by atoms with Gasteiger partial charge in [-0.3, -0.25) is 0 Å². The molecule has 0 aliphatic carbocycles. The molecule has 0 saturated carbocycles. The first-order chi connectivity index (χ1) is 11.7. The third-order valence-electron chi connectivity index (χ3n) is 3.58. The maximum Gasteiger partial charge on any atom is 0.242 e. The largest absolute Gasteiger partial charge is 0.348 e. The number of benzene rings is 2. The quantitative estimate of drug-likeness (QED) is 0.783. The fourth-order valence-corrected chi connectivity index (χ4v) is 3.44. The second-order valence-corrected chi connectivity index (χ2v) is 8.64. The standard InChI is InChI=1S/C17H20ClN3O2S2/c1-20(2)25(22,23)15-9-6-8-14(11-15)19-17(24)21(3)12-13-7-4-5-10-16(13)18/h4-11H,12H2,1-3H3,(H,19,24). The highest BCUT2D eigenvalue weighted by atomic mass is 35.5. The number of halogens is 1. The van der Waals surface area contributed by atoms with Gasteiger partial charge in [-0.2, -0.15) is 0 Å². The summed E-state index contributed by atoms with van der Waals surface area (Å²) < 4.78 is 25.6. The van der Waals surface area contributed by atoms with Crippen LogP contribution in [0.15, 0.2) is 53.4 Å². The summed E-state index contributed by atoms with van der Waals surface area (Å²) in [5.41, 5.74) is 1.57. The van der Waals surface area contributed by atoms with E-state index in [9.17, 15) is 8.42 Å². The lowest BCUT2D eigenvalue weighted by atomic mass is 10.2. The topological polar surface area (TPSA) is 52.7 Å². The average Bonchev–Trinajstić information content (AvgIpc) is 2.57. The van der Waals surface area contributed by atoms with Gasteiger partial charge in [0.2, 0.25) is 10.0 Å². The van der Waals surface area contributed by atoms with E-state index in [0.717, 1.165) is 5.56 Å². The van der Waals surface area contributed by atoms with Crippen molar-refractivity contribution in [2.75, 3.05) is 26.5 Å². The molecule has 0 aliphatic heterocycles. The van der Waals surface area contributed by atoms with Gasteiger partial charge in [0.05, 0.1) is 4.90 Å². The lowest BCUT2D eigenvalue weighted by Gasteiger charge is -2.22. The Morgan fingerprint density at radius 2 is 1.80 bits per heavy atom. The Hall–Kier alpha value is -1.67. The highest BCUT2D eigenvalue weighted by molar-refractivity contribution is 7.89. The van der Waals surface area contributed by atoms with Gasteiger partial charge < -0.3 is 10.2 Å². The van der Waals surface area contributed by atoms with Crippen LogP contribution in [0.25, 0.3) is 0 Å². The molecular weight excluding hydrogens is 378 g/mol. The van der Waals surface area contributed by atoms with Gasteiger partial charge in [0.25, 0.3) is 0 Å². The number of nitrogens with zero attached hydrogens (tertiary/aromatic N) is 2. The summed E-state index contributed by atoms with van der Waals surface area (Å²) in [5.74, 6) is 0. The molecule has 5 nitrogen and oxygen atoms in total. The van der Waals surface area contributed by atoms with Gasteiger partial charge in [-0.05, 0) is 42.0 Å². The molecule has 0 bridgehead atoms. The van der Waals surface area contributed by atoms with Crippen LogP contribution in [0.5, 0.6) is 0 Å². The van der Waals surface area contributed by atoms with Crippen molar-refractivity contribution in [2.45, 2.75) is 11.4 Å². The molecule has 0 atom stereocenters. The molecule has 8 heteroatoms. The van der Waals surface area contributed by atoms with E-state index in [2.05, 4.69) is 5.32 Å². The predicted molar refractivity (Wildman–Crippen MR) is 106 cm³/mol. The average molecular weight is 398 g/mol. The van der Waals surface area contributed by atoms with Crippen LogP contribution in [-0.2, 0) is 16.6 Å². The highest BCUT2D eigenvalue weighted by Gasteiger charge is 2.17. The molecule has 0 aromatic heterocycles. The molecule has 0 heterocycles. The van der Waals surface area contributed by atoms with Crippen LogP contribution in [0.3, 0.4) is 0 Å². The van der Waals surface area contributed by atoms with E-state index in [1.807, 2.05) is 36.2 Å². The van der Waals surface area contributed by atoms with Crippen LogP contribution in [0.2, 0.25) is 5.02 Å². The lowest BCUT2D eigenvalue weighted by molar-refractivity contribution is 0.508. The second-order valence-electron chi connectivity index (χ2n) is 5.69. The van der Waals surface area contributed by atoms with Crippen molar-refractivity contribution in [1.29, 1.82) is 0 Å². The zero-order chi connectivity index (χ0) is 18.6. The van der Waals surface area contributed by atoms with Crippen LogP contribution in [0.1, 0.15) is 5.56 Å². The van der Waals surface area contributed by atoms with E-state index >= 15 is 0 Å². The fourth-order valence-electron chi connectivity index (χ4n) is 2.12. The van der Waals surface area contributed by atoms with Gasteiger partial charge in [0, 0.05) is 38.4 Å². The molecule has 0 unspecified atom stereocenters. The summed E-state index contributed by atoms with van der Waals surface area (Å²) in [4.78, 5) is 2.04. The maximum atomic E-state index is 12.2. The monoisotopic (exact) mass is 397 g/mol. The molecule has 1 N–H and O–H groups in total. The molecular formula is C17H20ClN3O2S2. The van der Waals surface area contributed by atoms with Crippen molar-refractivity contribution in [3.63, 3.8) is 0 Å². The maximum absolute atomic E-state index is 12.2. The molecule has 2 aromatic rings. The first kappa shape index (κ1) is 19.7. The molecule has 0 saturated heterocycles. The van der Waals surface area contributed by atoms with Crippen molar-refractivity contribution in [2.24, 2.45) is 0 Å². The number of sulfonamides is 1. The number of anilines is 1. The third kappa shape index (κ3) is 4.92. The fraction of sp³-hybridized carbons (Fsp3) is 0.235. The Kier molecular flexibility index (Phi) is 6.40. The van der Waals surface area contributed by atoms with E-state index in [-0.39, 0.29) is 4.90 Å². The van der Waals surface area contributed by atoms with Crippen molar-refractivity contribution >= 4 is 44.6 Å². The Morgan fingerprint density at radius 1 is 1.12 bits per heavy atom. The van der Waals surface area contributed by atoms with Crippen molar-refractivity contribution < 1.29 is 8.42 Å². The molecule has 2 rings (SSSR count). The summed E-state index contributed by atoms with van der Waals surface area (Å²) in [7, 11) is 1.35. The predicted octanol–water partition coefficient (Wildman–Crippen LogP) is 3.42. The van der Waals surface area contributed by atoms with E-state index < -0.39 is 10.0 Å². The molecule has 2 aromatic carbocycles. The molecule has 0 fully saturated rings. The number of hydrogen-bond acceptors (Lipinski definition) is 3. The summed E-state index contributed by atoms with van der Waals surface area (Å²) in [6.07, 6.45) is 0. The van der Waals surface area contributed by atoms with Crippen LogP contribution in [0.4, 0.5) is 5.69 Å². The van der Waals surface area contributed by atoms with Crippen LogP contribution < -0.4 is 5.32 Å². The molecule has 0 spiro atoms. The molecule has 0 radical (unpaired) electrons. The van der Waals surface area contributed by atoms with E-state index in [1.165, 1.54) is 18.4 Å². The van der Waals surface area contributed by atoms with E-state index in [4.69, 9.17) is 23.8 Å². The number of rotatable bonds is 5. The van der Waals surface area contributed by atoms with Crippen LogP contribution in [-0.4, -0.2) is 43.9 Å². The smallest absolute Gasteiger partial charge is 0.242 e. The van der Waals surface area contributed by atoms with Crippen molar-refractivity contribution in [1.82, 2.24) is 9.21 Å². The van der Waals surface area contributed by atoms with Gasteiger partial charge in [0.1, 0.15) is 0 Å². The number of hydrogen-bond donors (Lipinski definition) is 1. The van der Waals surface area contributed by atoms with E-state index in [1.54, 1.807) is 24.3 Å². The minimum atomic E-state index is -3.49. The Bertz CT molecular complexity index is 870. The molecule has 134 valence electrons. The van der Waals surface area contributed by atoms with Crippen molar-refractivity contribution in [3.05, 3.63) is 59.1 Å². The number of thiocarbonyl (C=S) groups is 1. The third-order valence-corrected chi connectivity index (χ3v) is 6.17. The lowest BCUT2D eigenvalue weighted by Crippen LogP contribution is -2.30.